The molecule has 1 N–H and O–H groups in total. The number of nitrogens with zero attached hydrogens (tertiary/aromatic N) is 2. The quantitative estimate of drug-likeness (QED) is 0.801. The maximum atomic E-state index is 12.0. The van der Waals surface area contributed by atoms with E-state index < -0.39 is 0 Å². The van der Waals surface area contributed by atoms with Gasteiger partial charge in [0.05, 0.1) is 11.6 Å². The third kappa shape index (κ3) is 2.96. The molecule has 0 aliphatic rings. The topological polar surface area (TPSA) is 78.9 Å². The normalized spacial score (nSPS) is 10.3. The molecular weight excluding hydrogens is 278 g/mol. The highest BCUT2D eigenvalue weighted by Gasteiger charge is 2.08. The molecule has 0 atom stereocenters. The Labute approximate surface area is 127 Å². The second-order valence-corrected chi connectivity index (χ2v) is 4.77. The molecule has 108 valence electrons. The average molecular weight is 291 g/mol. The van der Waals surface area contributed by atoms with Gasteiger partial charge in [0.15, 0.2) is 11.5 Å². The van der Waals surface area contributed by atoms with Gasteiger partial charge in [0.2, 0.25) is 0 Å². The molecule has 0 fully saturated rings. The van der Waals surface area contributed by atoms with Crippen molar-refractivity contribution in [3.63, 3.8) is 0 Å². The molecule has 0 unspecified atom stereocenters. The third-order valence-corrected chi connectivity index (χ3v) is 3.22. The van der Waals surface area contributed by atoms with Gasteiger partial charge in [-0.3, -0.25) is 4.79 Å². The first kappa shape index (κ1) is 13.8. The van der Waals surface area contributed by atoms with E-state index >= 15 is 0 Å². The van der Waals surface area contributed by atoms with E-state index in [0.717, 1.165) is 11.1 Å². The van der Waals surface area contributed by atoms with Crippen LogP contribution in [0.4, 0.5) is 0 Å². The molecule has 0 radical (unpaired) electrons. The summed E-state index contributed by atoms with van der Waals surface area (Å²) >= 11 is 0. The highest BCUT2D eigenvalue weighted by atomic mass is 16.3. The van der Waals surface area contributed by atoms with Crippen LogP contribution >= 0.6 is 0 Å². The first-order valence-electron chi connectivity index (χ1n) is 6.89. The number of benzene rings is 2. The molecule has 22 heavy (non-hydrogen) atoms. The zero-order valence-electron chi connectivity index (χ0n) is 11.7. The molecule has 5 heteroatoms. The number of para-hydroxylation sites is 2. The molecule has 0 aliphatic carbocycles. The Kier molecular flexibility index (Phi) is 3.84. The molecule has 2 aromatic carbocycles. The van der Waals surface area contributed by atoms with E-state index in [1.54, 1.807) is 24.3 Å². The van der Waals surface area contributed by atoms with Crippen molar-refractivity contribution in [2.75, 3.05) is 6.54 Å². The van der Waals surface area contributed by atoms with Crippen LogP contribution in [0.15, 0.2) is 52.9 Å². The molecule has 0 saturated carbocycles. The van der Waals surface area contributed by atoms with Crippen molar-refractivity contribution < 1.29 is 9.21 Å². The number of oxazole rings is 1. The van der Waals surface area contributed by atoms with Gasteiger partial charge < -0.3 is 9.73 Å². The van der Waals surface area contributed by atoms with Crippen LogP contribution in [-0.4, -0.2) is 17.4 Å². The molecular formula is C17H13N3O2. The van der Waals surface area contributed by atoms with E-state index in [4.69, 9.17) is 9.68 Å². The highest BCUT2D eigenvalue weighted by Crippen LogP contribution is 2.14. The second-order valence-electron chi connectivity index (χ2n) is 4.77. The van der Waals surface area contributed by atoms with Crippen molar-refractivity contribution in [2.24, 2.45) is 0 Å². The standard InChI is InChI=1S/C17H13N3O2/c18-11-12-4-3-5-13(10-12)17(21)19-9-8-16-20-14-6-1-2-7-15(14)22-16/h1-7,10H,8-9H2,(H,19,21). The zero-order chi connectivity index (χ0) is 15.4. The number of rotatable bonds is 4. The van der Waals surface area contributed by atoms with E-state index in [9.17, 15) is 4.79 Å². The fourth-order valence-corrected chi connectivity index (χ4v) is 2.14. The van der Waals surface area contributed by atoms with Gasteiger partial charge in [0, 0.05) is 18.5 Å². The Morgan fingerprint density at radius 3 is 2.91 bits per heavy atom. The number of nitrogens with one attached hydrogen (secondary N) is 1. The van der Waals surface area contributed by atoms with E-state index in [2.05, 4.69) is 10.3 Å². The van der Waals surface area contributed by atoms with Crippen molar-refractivity contribution in [1.82, 2.24) is 10.3 Å². The minimum atomic E-state index is -0.215. The van der Waals surface area contributed by atoms with Crippen molar-refractivity contribution >= 4 is 17.0 Å². The Bertz CT molecular complexity index is 828. The van der Waals surface area contributed by atoms with Crippen molar-refractivity contribution in [3.05, 3.63) is 65.5 Å². The van der Waals surface area contributed by atoms with Crippen LogP contribution in [0.3, 0.4) is 0 Å². The Morgan fingerprint density at radius 2 is 2.09 bits per heavy atom. The molecule has 0 saturated heterocycles. The lowest BCUT2D eigenvalue weighted by Crippen LogP contribution is -2.25. The van der Waals surface area contributed by atoms with Gasteiger partial charge in [-0.1, -0.05) is 18.2 Å². The number of hydrogen-bond donors (Lipinski definition) is 1. The first-order valence-corrected chi connectivity index (χ1v) is 6.89. The summed E-state index contributed by atoms with van der Waals surface area (Å²) in [5.74, 6) is 0.375. The summed E-state index contributed by atoms with van der Waals surface area (Å²) < 4.78 is 5.59. The van der Waals surface area contributed by atoms with Crippen LogP contribution < -0.4 is 5.32 Å². The summed E-state index contributed by atoms with van der Waals surface area (Å²) in [6, 6.07) is 16.1. The lowest BCUT2D eigenvalue weighted by Gasteiger charge is -2.03. The number of carbonyl (C=O) groups excluding carboxylic acids is 1. The average Bonchev–Trinajstić information content (AvgIpc) is 2.97. The first-order chi connectivity index (χ1) is 10.8. The van der Waals surface area contributed by atoms with E-state index in [-0.39, 0.29) is 5.91 Å². The van der Waals surface area contributed by atoms with Crippen LogP contribution in [0, 0.1) is 11.3 Å². The summed E-state index contributed by atoms with van der Waals surface area (Å²) in [4.78, 5) is 16.4. The van der Waals surface area contributed by atoms with E-state index in [1.807, 2.05) is 30.3 Å². The van der Waals surface area contributed by atoms with Gasteiger partial charge in [0.1, 0.15) is 5.52 Å². The van der Waals surface area contributed by atoms with Crippen LogP contribution in [0.1, 0.15) is 21.8 Å². The van der Waals surface area contributed by atoms with Crippen LogP contribution in [0.2, 0.25) is 0 Å². The summed E-state index contributed by atoms with van der Waals surface area (Å²) in [6.45, 7) is 0.419. The van der Waals surface area contributed by atoms with Crippen molar-refractivity contribution in [3.8, 4) is 6.07 Å². The Balaban J connectivity index is 1.60. The van der Waals surface area contributed by atoms with Gasteiger partial charge in [-0.25, -0.2) is 4.98 Å². The number of amides is 1. The predicted molar refractivity (Wildman–Crippen MR) is 81.2 cm³/mol. The third-order valence-electron chi connectivity index (χ3n) is 3.22. The van der Waals surface area contributed by atoms with E-state index in [0.29, 0.717) is 30.0 Å². The molecule has 0 bridgehead atoms. The molecule has 0 spiro atoms. The van der Waals surface area contributed by atoms with Crippen molar-refractivity contribution in [1.29, 1.82) is 5.26 Å². The van der Waals surface area contributed by atoms with Gasteiger partial charge in [-0.2, -0.15) is 5.26 Å². The molecule has 1 heterocycles. The largest absolute Gasteiger partial charge is 0.441 e. The summed E-state index contributed by atoms with van der Waals surface area (Å²) in [7, 11) is 0. The predicted octanol–water partition coefficient (Wildman–Crippen LogP) is 2.67. The molecule has 0 aliphatic heterocycles. The Morgan fingerprint density at radius 1 is 1.23 bits per heavy atom. The molecule has 1 amide bonds. The second kappa shape index (κ2) is 6.10. The van der Waals surface area contributed by atoms with Crippen molar-refractivity contribution in [2.45, 2.75) is 6.42 Å². The number of aromatic nitrogens is 1. The van der Waals surface area contributed by atoms with Gasteiger partial charge >= 0.3 is 0 Å². The number of fused-ring (bicyclic) bond motifs is 1. The monoisotopic (exact) mass is 291 g/mol. The van der Waals surface area contributed by atoms with Gasteiger partial charge in [0.25, 0.3) is 5.91 Å². The van der Waals surface area contributed by atoms with Crippen LogP contribution in [-0.2, 0) is 6.42 Å². The minimum absolute atomic E-state index is 0.215. The highest BCUT2D eigenvalue weighted by molar-refractivity contribution is 5.94. The van der Waals surface area contributed by atoms with Crippen LogP contribution in [0.25, 0.3) is 11.1 Å². The van der Waals surface area contributed by atoms with Crippen LogP contribution in [0.5, 0.6) is 0 Å². The van der Waals surface area contributed by atoms with E-state index in [1.165, 1.54) is 0 Å². The number of nitriles is 1. The summed E-state index contributed by atoms with van der Waals surface area (Å²) in [5, 5.41) is 11.6. The lowest BCUT2D eigenvalue weighted by atomic mass is 10.1. The Hall–Kier alpha value is -3.13. The fraction of sp³-hybridized carbons (Fsp3) is 0.118. The number of hydrogen-bond acceptors (Lipinski definition) is 4. The zero-order valence-corrected chi connectivity index (χ0v) is 11.7. The molecule has 5 nitrogen and oxygen atoms in total. The minimum Gasteiger partial charge on any atom is -0.441 e. The molecule has 3 aromatic rings. The summed E-state index contributed by atoms with van der Waals surface area (Å²) in [5.41, 5.74) is 2.49. The lowest BCUT2D eigenvalue weighted by molar-refractivity contribution is 0.0953. The number of carbonyl (C=O) groups is 1. The van der Waals surface area contributed by atoms with Gasteiger partial charge in [-0.05, 0) is 30.3 Å². The fourth-order valence-electron chi connectivity index (χ4n) is 2.14. The SMILES string of the molecule is N#Cc1cccc(C(=O)NCCc2nc3ccccc3o2)c1. The smallest absolute Gasteiger partial charge is 0.251 e. The molecule has 1 aromatic heterocycles. The maximum absolute atomic E-state index is 12.0. The molecule has 3 rings (SSSR count). The summed E-state index contributed by atoms with van der Waals surface area (Å²) in [6.07, 6.45) is 0.512. The maximum Gasteiger partial charge on any atom is 0.251 e. The van der Waals surface area contributed by atoms with Gasteiger partial charge in [-0.15, -0.1) is 0 Å².